The van der Waals surface area contributed by atoms with Gasteiger partial charge < -0.3 is 10.2 Å². The lowest BCUT2D eigenvalue weighted by Crippen LogP contribution is -2.45. The van der Waals surface area contributed by atoms with E-state index in [-0.39, 0.29) is 0 Å². The molecule has 122 valence electrons. The van der Waals surface area contributed by atoms with Gasteiger partial charge in [0.1, 0.15) is 0 Å². The minimum atomic E-state index is 0.330. The van der Waals surface area contributed by atoms with Gasteiger partial charge in [0.15, 0.2) is 0 Å². The van der Waals surface area contributed by atoms with Crippen LogP contribution in [0.1, 0.15) is 64.7 Å². The predicted octanol–water partition coefficient (Wildman–Crippen LogP) is 3.44. The van der Waals surface area contributed by atoms with Crippen molar-refractivity contribution in [3.63, 3.8) is 0 Å². The van der Waals surface area contributed by atoms with E-state index in [0.29, 0.717) is 17.7 Å². The van der Waals surface area contributed by atoms with Gasteiger partial charge in [-0.1, -0.05) is 26.2 Å². The first kappa shape index (κ1) is 16.8. The van der Waals surface area contributed by atoms with Crippen molar-refractivity contribution < 1.29 is 4.79 Å². The Kier molecular flexibility index (Phi) is 7.01. The molecule has 1 heterocycles. The first-order valence-corrected chi connectivity index (χ1v) is 9.18. The van der Waals surface area contributed by atoms with Gasteiger partial charge in [0.2, 0.25) is 5.91 Å². The summed E-state index contributed by atoms with van der Waals surface area (Å²) in [6.45, 7) is 5.30. The third kappa shape index (κ3) is 4.98. The van der Waals surface area contributed by atoms with Gasteiger partial charge in [-0.3, -0.25) is 4.79 Å². The molecule has 0 aromatic heterocycles. The number of nitrogens with zero attached hydrogens (tertiary/aromatic N) is 1. The highest BCUT2D eigenvalue weighted by atomic mass is 16.2. The highest BCUT2D eigenvalue weighted by molar-refractivity contribution is 5.79. The van der Waals surface area contributed by atoms with Gasteiger partial charge in [-0.25, -0.2) is 0 Å². The van der Waals surface area contributed by atoms with Gasteiger partial charge in [0.05, 0.1) is 0 Å². The molecule has 0 aromatic rings. The fourth-order valence-corrected chi connectivity index (χ4v) is 4.17. The number of hydrogen-bond acceptors (Lipinski definition) is 2. The summed E-state index contributed by atoms with van der Waals surface area (Å²) in [5, 5.41) is 3.26. The van der Waals surface area contributed by atoms with Gasteiger partial charge in [0.25, 0.3) is 0 Å². The van der Waals surface area contributed by atoms with Crippen molar-refractivity contribution in [1.29, 1.82) is 0 Å². The van der Waals surface area contributed by atoms with Crippen LogP contribution in [0.15, 0.2) is 0 Å². The summed E-state index contributed by atoms with van der Waals surface area (Å²) in [6.07, 6.45) is 11.3. The summed E-state index contributed by atoms with van der Waals surface area (Å²) in [4.78, 5) is 14.9. The molecule has 0 spiro atoms. The van der Waals surface area contributed by atoms with Crippen LogP contribution < -0.4 is 5.32 Å². The van der Waals surface area contributed by atoms with Crippen LogP contribution in [0.4, 0.5) is 0 Å². The molecule has 1 N–H and O–H groups in total. The van der Waals surface area contributed by atoms with Crippen LogP contribution in [-0.4, -0.2) is 37.5 Å². The van der Waals surface area contributed by atoms with Gasteiger partial charge in [-0.05, 0) is 64.0 Å². The predicted molar refractivity (Wildman–Crippen MR) is 88.2 cm³/mol. The molecule has 1 saturated heterocycles. The maximum Gasteiger partial charge on any atom is 0.225 e. The zero-order valence-corrected chi connectivity index (χ0v) is 14.1. The van der Waals surface area contributed by atoms with Crippen LogP contribution in [0.3, 0.4) is 0 Å². The number of likely N-dealkylation sites (tertiary alicyclic amines) is 1. The Hall–Kier alpha value is -0.570. The number of rotatable bonds is 6. The normalized spacial score (nSPS) is 30.4. The second-order valence-electron chi connectivity index (χ2n) is 7.21. The van der Waals surface area contributed by atoms with Crippen molar-refractivity contribution >= 4 is 5.91 Å². The number of carbonyl (C=O) groups excluding carboxylic acids is 1. The van der Waals surface area contributed by atoms with Gasteiger partial charge in [-0.2, -0.15) is 0 Å². The van der Waals surface area contributed by atoms with Crippen LogP contribution in [0.2, 0.25) is 0 Å². The maximum atomic E-state index is 12.7. The number of carbonyl (C=O) groups is 1. The van der Waals surface area contributed by atoms with Gasteiger partial charge in [0, 0.05) is 19.0 Å². The van der Waals surface area contributed by atoms with Crippen molar-refractivity contribution in [2.24, 2.45) is 17.8 Å². The third-order valence-corrected chi connectivity index (χ3v) is 5.49. The molecular formula is C18H34N2O. The Bertz CT molecular complexity index is 308. The highest BCUT2D eigenvalue weighted by Crippen LogP contribution is 2.33. The molecule has 1 atom stereocenters. The van der Waals surface area contributed by atoms with E-state index in [1.54, 1.807) is 0 Å². The number of piperidine rings is 1. The smallest absolute Gasteiger partial charge is 0.225 e. The van der Waals surface area contributed by atoms with Crippen molar-refractivity contribution in [1.82, 2.24) is 10.2 Å². The zero-order chi connectivity index (χ0) is 15.1. The lowest BCUT2D eigenvalue weighted by Gasteiger charge is -2.37. The number of amides is 1. The number of hydrogen-bond donors (Lipinski definition) is 1. The third-order valence-electron chi connectivity index (χ3n) is 5.49. The lowest BCUT2D eigenvalue weighted by molar-refractivity contribution is -0.138. The molecule has 1 aliphatic carbocycles. The molecule has 1 unspecified atom stereocenters. The summed E-state index contributed by atoms with van der Waals surface area (Å²) in [6, 6.07) is 0. The van der Waals surface area contributed by atoms with E-state index >= 15 is 0 Å². The Balaban J connectivity index is 1.76. The molecule has 0 bridgehead atoms. The fraction of sp³-hybridized carbons (Fsp3) is 0.944. The SMILES string of the molecule is CCCCC1CCC(C(=O)N2CCCC(CNC)C2)CC1. The molecule has 2 rings (SSSR count). The van der Waals surface area contributed by atoms with Crippen molar-refractivity contribution in [2.45, 2.75) is 64.7 Å². The first-order chi connectivity index (χ1) is 10.2. The molecule has 3 nitrogen and oxygen atoms in total. The molecule has 0 radical (unpaired) electrons. The maximum absolute atomic E-state index is 12.7. The first-order valence-electron chi connectivity index (χ1n) is 9.18. The zero-order valence-electron chi connectivity index (χ0n) is 14.1. The quantitative estimate of drug-likeness (QED) is 0.814. The van der Waals surface area contributed by atoms with E-state index in [9.17, 15) is 4.79 Å². The van der Waals surface area contributed by atoms with E-state index in [1.807, 2.05) is 7.05 Å². The Morgan fingerprint density at radius 1 is 1.14 bits per heavy atom. The Morgan fingerprint density at radius 2 is 1.90 bits per heavy atom. The van der Waals surface area contributed by atoms with Crippen LogP contribution in [0.25, 0.3) is 0 Å². The summed E-state index contributed by atoms with van der Waals surface area (Å²) < 4.78 is 0. The molecule has 0 aromatic carbocycles. The topological polar surface area (TPSA) is 32.3 Å². The fourth-order valence-electron chi connectivity index (χ4n) is 4.17. The van der Waals surface area contributed by atoms with E-state index in [4.69, 9.17) is 0 Å². The van der Waals surface area contributed by atoms with Crippen LogP contribution in [0.5, 0.6) is 0 Å². The largest absolute Gasteiger partial charge is 0.342 e. The average molecular weight is 294 g/mol. The van der Waals surface area contributed by atoms with Crippen molar-refractivity contribution in [2.75, 3.05) is 26.7 Å². The summed E-state index contributed by atoms with van der Waals surface area (Å²) >= 11 is 0. The van der Waals surface area contributed by atoms with E-state index in [1.165, 1.54) is 44.9 Å². The monoisotopic (exact) mass is 294 g/mol. The average Bonchev–Trinajstić information content (AvgIpc) is 2.53. The molecular weight excluding hydrogens is 260 g/mol. The summed E-state index contributed by atoms with van der Waals surface area (Å²) in [5.74, 6) is 2.35. The molecule has 1 aliphatic heterocycles. The second kappa shape index (κ2) is 8.77. The number of nitrogens with one attached hydrogen (secondary N) is 1. The van der Waals surface area contributed by atoms with E-state index in [0.717, 1.165) is 38.4 Å². The van der Waals surface area contributed by atoms with Gasteiger partial charge >= 0.3 is 0 Å². The molecule has 21 heavy (non-hydrogen) atoms. The number of unbranched alkanes of at least 4 members (excludes halogenated alkanes) is 1. The van der Waals surface area contributed by atoms with Crippen molar-refractivity contribution in [3.8, 4) is 0 Å². The van der Waals surface area contributed by atoms with Gasteiger partial charge in [-0.15, -0.1) is 0 Å². The standard InChI is InChI=1S/C18H34N2O/c1-3-4-6-15-8-10-17(11-9-15)18(21)20-12-5-7-16(14-20)13-19-2/h15-17,19H,3-14H2,1-2H3. The van der Waals surface area contributed by atoms with E-state index in [2.05, 4.69) is 17.1 Å². The van der Waals surface area contributed by atoms with Crippen LogP contribution in [0, 0.1) is 17.8 Å². The summed E-state index contributed by atoms with van der Waals surface area (Å²) in [7, 11) is 2.01. The minimum absolute atomic E-state index is 0.330. The molecule has 2 aliphatic rings. The highest BCUT2D eigenvalue weighted by Gasteiger charge is 2.31. The molecule has 1 saturated carbocycles. The van der Waals surface area contributed by atoms with Crippen LogP contribution >= 0.6 is 0 Å². The van der Waals surface area contributed by atoms with Crippen LogP contribution in [-0.2, 0) is 4.79 Å². The Morgan fingerprint density at radius 3 is 2.57 bits per heavy atom. The molecule has 1 amide bonds. The molecule has 2 fully saturated rings. The van der Waals surface area contributed by atoms with Crippen molar-refractivity contribution in [3.05, 3.63) is 0 Å². The summed E-state index contributed by atoms with van der Waals surface area (Å²) in [5.41, 5.74) is 0. The lowest BCUT2D eigenvalue weighted by atomic mass is 9.79. The minimum Gasteiger partial charge on any atom is -0.342 e. The molecule has 3 heteroatoms. The second-order valence-corrected chi connectivity index (χ2v) is 7.21. The Labute approximate surface area is 130 Å². The van der Waals surface area contributed by atoms with E-state index < -0.39 is 0 Å².